The number of alkyl halides is 3. The summed E-state index contributed by atoms with van der Waals surface area (Å²) in [6.07, 6.45) is 0. The van der Waals surface area contributed by atoms with Crippen LogP contribution in [0.2, 0.25) is 0 Å². The maximum atomic E-state index is 12.4. The van der Waals surface area contributed by atoms with Gasteiger partial charge in [-0.3, -0.25) is 14.3 Å². The van der Waals surface area contributed by atoms with Crippen LogP contribution < -0.4 is 5.11 Å². The SMILES string of the molecule is O=C([O-])C[S@](=O)c1ccc(S(=O)(=O)C(F)(F)F)cc1[N+](=O)[O-]. The molecule has 0 aliphatic rings. The lowest BCUT2D eigenvalue weighted by molar-refractivity contribution is -0.388. The van der Waals surface area contributed by atoms with Gasteiger partial charge in [-0.15, -0.1) is 0 Å². The molecule has 1 aromatic rings. The molecule has 0 aliphatic carbocycles. The molecule has 0 saturated carbocycles. The highest BCUT2D eigenvalue weighted by atomic mass is 32.2. The zero-order valence-corrected chi connectivity index (χ0v) is 11.8. The first kappa shape index (κ1) is 18.0. The molecule has 0 unspecified atom stereocenters. The molecule has 22 heavy (non-hydrogen) atoms. The maximum Gasteiger partial charge on any atom is 0.501 e. The Kier molecular flexibility index (Phi) is 4.92. The van der Waals surface area contributed by atoms with Crippen LogP contribution in [0.15, 0.2) is 28.0 Å². The van der Waals surface area contributed by atoms with Gasteiger partial charge in [-0.2, -0.15) is 13.2 Å². The number of benzene rings is 1. The molecule has 1 atom stereocenters. The third-order valence-electron chi connectivity index (χ3n) is 2.24. The Bertz CT molecular complexity index is 757. The van der Waals surface area contributed by atoms with Crippen molar-refractivity contribution in [1.29, 1.82) is 0 Å². The van der Waals surface area contributed by atoms with Crippen molar-refractivity contribution in [1.82, 2.24) is 0 Å². The van der Waals surface area contributed by atoms with Gasteiger partial charge in [0.05, 0.1) is 32.3 Å². The molecule has 0 aromatic heterocycles. The van der Waals surface area contributed by atoms with Crippen molar-refractivity contribution < 1.29 is 40.6 Å². The van der Waals surface area contributed by atoms with Gasteiger partial charge in [-0.05, 0) is 12.1 Å². The lowest BCUT2D eigenvalue weighted by Crippen LogP contribution is -2.28. The van der Waals surface area contributed by atoms with E-state index in [1.807, 2.05) is 0 Å². The number of hydrogen-bond acceptors (Lipinski definition) is 7. The number of nitro benzene ring substituents is 1. The van der Waals surface area contributed by atoms with Crippen molar-refractivity contribution in [2.75, 3.05) is 5.75 Å². The standard InChI is InChI=1S/C9H6F3NO7S2/c10-9(11,12)22(19,20)5-1-2-7(6(3-5)13(16)17)21(18)4-8(14)15/h1-3H,4H2,(H,14,15)/p-1/t21-/m0/s1. The van der Waals surface area contributed by atoms with Gasteiger partial charge in [0.15, 0.2) is 0 Å². The van der Waals surface area contributed by atoms with E-state index >= 15 is 0 Å². The van der Waals surface area contributed by atoms with Gasteiger partial charge >= 0.3 is 5.51 Å². The van der Waals surface area contributed by atoms with Crippen LogP contribution in [0.3, 0.4) is 0 Å². The monoisotopic (exact) mass is 360 g/mol. The van der Waals surface area contributed by atoms with E-state index in [1.54, 1.807) is 0 Å². The largest absolute Gasteiger partial charge is 0.549 e. The first-order valence-corrected chi connectivity index (χ1v) is 7.86. The molecule has 0 radical (unpaired) electrons. The molecular weight excluding hydrogens is 355 g/mol. The molecule has 13 heteroatoms. The van der Waals surface area contributed by atoms with E-state index in [0.29, 0.717) is 12.1 Å². The number of aliphatic carboxylic acids is 1. The number of sulfone groups is 1. The molecule has 1 rings (SSSR count). The number of nitrogens with zero attached hydrogens (tertiary/aromatic N) is 1. The molecule has 122 valence electrons. The fourth-order valence-corrected chi connectivity index (χ4v) is 3.06. The second-order valence-corrected chi connectivity index (χ2v) is 7.06. The van der Waals surface area contributed by atoms with Gasteiger partial charge in [-0.1, -0.05) is 0 Å². The summed E-state index contributed by atoms with van der Waals surface area (Å²) in [4.78, 5) is 17.7. The molecule has 1 aromatic carbocycles. The normalized spacial score (nSPS) is 13.6. The average Bonchev–Trinajstić information content (AvgIpc) is 2.35. The van der Waals surface area contributed by atoms with Crippen LogP contribution in [0, 0.1) is 10.1 Å². The number of carbonyl (C=O) groups is 1. The summed E-state index contributed by atoms with van der Waals surface area (Å²) in [6, 6.07) is 0.930. The van der Waals surface area contributed by atoms with Gasteiger partial charge in [0.25, 0.3) is 15.5 Å². The molecule has 0 heterocycles. The Morgan fingerprint density at radius 3 is 2.27 bits per heavy atom. The molecule has 0 spiro atoms. The van der Waals surface area contributed by atoms with Gasteiger partial charge in [0, 0.05) is 6.07 Å². The van der Waals surface area contributed by atoms with E-state index in [0.717, 1.165) is 0 Å². The lowest BCUT2D eigenvalue weighted by atomic mass is 10.3. The number of carbonyl (C=O) groups excluding carboxylic acids is 1. The first-order chi connectivity index (χ1) is 9.87. The number of hydrogen-bond donors (Lipinski definition) is 0. The fraction of sp³-hybridized carbons (Fsp3) is 0.222. The van der Waals surface area contributed by atoms with E-state index < -0.39 is 58.3 Å². The lowest BCUT2D eigenvalue weighted by Gasteiger charge is -2.09. The Hall–Kier alpha value is -2.02. The average molecular weight is 360 g/mol. The van der Waals surface area contributed by atoms with Crippen molar-refractivity contribution in [2.45, 2.75) is 15.3 Å². The van der Waals surface area contributed by atoms with E-state index in [-0.39, 0.29) is 6.07 Å². The van der Waals surface area contributed by atoms with Crippen molar-refractivity contribution in [3.05, 3.63) is 28.3 Å². The molecule has 0 amide bonds. The van der Waals surface area contributed by atoms with E-state index in [1.165, 1.54) is 0 Å². The van der Waals surface area contributed by atoms with Crippen molar-refractivity contribution >= 4 is 32.3 Å². The van der Waals surface area contributed by atoms with Crippen molar-refractivity contribution in [2.24, 2.45) is 0 Å². The smallest absolute Gasteiger partial charge is 0.501 e. The minimum absolute atomic E-state index is 0.0747. The molecule has 0 N–H and O–H groups in total. The second kappa shape index (κ2) is 6.00. The highest BCUT2D eigenvalue weighted by Gasteiger charge is 2.47. The van der Waals surface area contributed by atoms with Gasteiger partial charge < -0.3 is 9.90 Å². The fourth-order valence-electron chi connectivity index (χ4n) is 1.32. The number of nitro groups is 1. The molecular formula is C9H5F3NO7S2-. The second-order valence-electron chi connectivity index (χ2n) is 3.70. The van der Waals surface area contributed by atoms with Gasteiger partial charge in [0.2, 0.25) is 0 Å². The predicted molar refractivity (Wildman–Crippen MR) is 62.6 cm³/mol. The summed E-state index contributed by atoms with van der Waals surface area (Å²) in [6.45, 7) is 0. The van der Waals surface area contributed by atoms with Crippen LogP contribution in [0.25, 0.3) is 0 Å². The Morgan fingerprint density at radius 1 is 1.32 bits per heavy atom. The first-order valence-electron chi connectivity index (χ1n) is 5.06. The summed E-state index contributed by atoms with van der Waals surface area (Å²) >= 11 is 0. The third kappa shape index (κ3) is 3.59. The summed E-state index contributed by atoms with van der Waals surface area (Å²) in [7, 11) is -8.31. The number of carboxylic acids is 1. The third-order valence-corrected chi connectivity index (χ3v) is 5.05. The summed E-state index contributed by atoms with van der Waals surface area (Å²) in [5.74, 6) is -2.94. The molecule has 0 fully saturated rings. The van der Waals surface area contributed by atoms with Gasteiger partial charge in [-0.25, -0.2) is 8.42 Å². The van der Waals surface area contributed by atoms with Crippen LogP contribution in [0.5, 0.6) is 0 Å². The zero-order chi connectivity index (χ0) is 17.3. The highest BCUT2D eigenvalue weighted by molar-refractivity contribution is 7.92. The Morgan fingerprint density at radius 2 is 1.86 bits per heavy atom. The quantitative estimate of drug-likeness (QED) is 0.522. The number of halogens is 3. The van der Waals surface area contributed by atoms with E-state index in [9.17, 15) is 45.8 Å². The topological polar surface area (TPSA) is 134 Å². The minimum Gasteiger partial charge on any atom is -0.549 e. The van der Waals surface area contributed by atoms with Gasteiger partial charge in [0.1, 0.15) is 4.90 Å². The van der Waals surface area contributed by atoms with E-state index in [2.05, 4.69) is 0 Å². The minimum atomic E-state index is -5.83. The molecule has 0 bridgehead atoms. The predicted octanol–water partition coefficient (Wildman–Crippen LogP) is -0.254. The zero-order valence-electron chi connectivity index (χ0n) is 10.2. The van der Waals surface area contributed by atoms with Crippen LogP contribution in [0.4, 0.5) is 18.9 Å². The van der Waals surface area contributed by atoms with Crippen LogP contribution in [-0.2, 0) is 25.4 Å². The Labute approximate surface area is 123 Å². The molecule has 0 saturated heterocycles. The number of carboxylic acid groups (broad SMARTS) is 1. The van der Waals surface area contributed by atoms with Crippen molar-refractivity contribution in [3.63, 3.8) is 0 Å². The summed E-state index contributed by atoms with van der Waals surface area (Å²) in [5, 5.41) is 21.1. The van der Waals surface area contributed by atoms with E-state index in [4.69, 9.17) is 0 Å². The van der Waals surface area contributed by atoms with Crippen LogP contribution in [0.1, 0.15) is 0 Å². The summed E-state index contributed by atoms with van der Waals surface area (Å²) in [5.41, 5.74) is -6.88. The van der Waals surface area contributed by atoms with Crippen LogP contribution >= 0.6 is 0 Å². The van der Waals surface area contributed by atoms with Crippen molar-refractivity contribution in [3.8, 4) is 0 Å². The molecule has 8 nitrogen and oxygen atoms in total. The molecule has 0 aliphatic heterocycles. The van der Waals surface area contributed by atoms with Crippen LogP contribution in [-0.4, -0.2) is 34.8 Å². The Balaban J connectivity index is 3.49. The highest BCUT2D eigenvalue weighted by Crippen LogP contribution is 2.33. The maximum absolute atomic E-state index is 12.4. The number of rotatable bonds is 5. The summed E-state index contributed by atoms with van der Waals surface area (Å²) < 4.78 is 71.0.